The summed E-state index contributed by atoms with van der Waals surface area (Å²) in [6.45, 7) is 2.00. The van der Waals surface area contributed by atoms with Crippen molar-refractivity contribution in [3.8, 4) is 11.1 Å². The molecule has 0 unspecified atom stereocenters. The number of nitrogens with one attached hydrogen (secondary N) is 2. The number of amides is 1. The van der Waals surface area contributed by atoms with Gasteiger partial charge < -0.3 is 10.6 Å². The Morgan fingerprint density at radius 2 is 2.03 bits per heavy atom. The first-order valence-corrected chi connectivity index (χ1v) is 10.8. The minimum atomic E-state index is -0.241. The van der Waals surface area contributed by atoms with E-state index in [0.717, 1.165) is 53.0 Å². The van der Waals surface area contributed by atoms with Gasteiger partial charge in [0.1, 0.15) is 11.5 Å². The lowest BCUT2D eigenvalue weighted by Gasteiger charge is -2.20. The number of pyridine rings is 2. The molecule has 4 aromatic rings. The van der Waals surface area contributed by atoms with E-state index in [9.17, 15) is 4.79 Å². The van der Waals surface area contributed by atoms with Gasteiger partial charge in [-0.05, 0) is 38.1 Å². The van der Waals surface area contributed by atoms with E-state index >= 15 is 0 Å². The van der Waals surface area contributed by atoms with Gasteiger partial charge in [0.25, 0.3) is 5.91 Å². The monoisotopic (exact) mass is 419 g/mol. The quantitative estimate of drug-likeness (QED) is 0.527. The van der Waals surface area contributed by atoms with Crippen LogP contribution < -0.4 is 10.6 Å². The third kappa shape index (κ3) is 3.81. The van der Waals surface area contributed by atoms with Gasteiger partial charge in [-0.15, -0.1) is 11.3 Å². The average molecular weight is 420 g/mol. The van der Waals surface area contributed by atoms with E-state index < -0.39 is 0 Å². The van der Waals surface area contributed by atoms with Gasteiger partial charge in [0.05, 0.1) is 22.9 Å². The van der Waals surface area contributed by atoms with Gasteiger partial charge in [0.15, 0.2) is 0 Å². The predicted octanol–water partition coefficient (Wildman–Crippen LogP) is 3.21. The van der Waals surface area contributed by atoms with Crippen LogP contribution in [-0.2, 0) is 7.05 Å². The molecule has 5 rings (SSSR count). The smallest absolute Gasteiger partial charge is 0.276 e. The number of aryl methyl sites for hydroxylation is 1. The molecule has 5 heterocycles. The molecular formula is C21H21N7OS. The predicted molar refractivity (Wildman–Crippen MR) is 117 cm³/mol. The minimum absolute atomic E-state index is 0.241. The number of rotatable bonds is 4. The number of aromatic nitrogens is 5. The fraction of sp³-hybridized carbons (Fsp3) is 0.286. The summed E-state index contributed by atoms with van der Waals surface area (Å²) in [5.41, 5.74) is 3.16. The topological polar surface area (TPSA) is 97.6 Å². The van der Waals surface area contributed by atoms with Gasteiger partial charge >= 0.3 is 0 Å². The number of carbonyl (C=O) groups excluding carboxylic acids is 1. The van der Waals surface area contributed by atoms with E-state index in [-0.39, 0.29) is 5.91 Å². The van der Waals surface area contributed by atoms with Gasteiger partial charge in [-0.2, -0.15) is 5.10 Å². The van der Waals surface area contributed by atoms with E-state index in [1.165, 1.54) is 0 Å². The van der Waals surface area contributed by atoms with Crippen LogP contribution >= 0.6 is 11.3 Å². The molecule has 8 nitrogen and oxygen atoms in total. The van der Waals surface area contributed by atoms with Crippen LogP contribution in [0, 0.1) is 0 Å². The second-order valence-electron chi connectivity index (χ2n) is 7.44. The molecule has 0 radical (unpaired) electrons. The number of anilines is 1. The molecule has 30 heavy (non-hydrogen) atoms. The molecule has 9 heteroatoms. The Labute approximate surface area is 177 Å². The van der Waals surface area contributed by atoms with Crippen molar-refractivity contribution in [1.82, 2.24) is 30.0 Å². The van der Waals surface area contributed by atoms with Crippen molar-refractivity contribution in [2.45, 2.75) is 18.8 Å². The van der Waals surface area contributed by atoms with E-state index in [1.807, 2.05) is 30.8 Å². The van der Waals surface area contributed by atoms with Crippen molar-refractivity contribution in [3.63, 3.8) is 0 Å². The summed E-state index contributed by atoms with van der Waals surface area (Å²) in [5.74, 6) is 0.678. The molecule has 0 aliphatic carbocycles. The number of carbonyl (C=O) groups is 1. The first-order valence-electron chi connectivity index (χ1n) is 9.88. The maximum Gasteiger partial charge on any atom is 0.276 e. The van der Waals surface area contributed by atoms with Crippen molar-refractivity contribution < 1.29 is 4.79 Å². The molecule has 1 aliphatic heterocycles. The summed E-state index contributed by atoms with van der Waals surface area (Å²) in [4.78, 5) is 26.1. The number of hydrogen-bond acceptors (Lipinski definition) is 7. The summed E-state index contributed by atoms with van der Waals surface area (Å²) in [6.07, 6.45) is 9.33. The molecule has 152 valence electrons. The number of hydrogen-bond donors (Lipinski definition) is 2. The van der Waals surface area contributed by atoms with Crippen molar-refractivity contribution in [1.29, 1.82) is 0 Å². The number of thiazole rings is 1. The summed E-state index contributed by atoms with van der Waals surface area (Å²) in [5, 5.41) is 14.2. The first-order chi connectivity index (χ1) is 14.7. The highest BCUT2D eigenvalue weighted by molar-refractivity contribution is 7.10. The maximum atomic E-state index is 12.7. The van der Waals surface area contributed by atoms with Crippen LogP contribution in [0.3, 0.4) is 0 Å². The van der Waals surface area contributed by atoms with Crippen LogP contribution in [-0.4, -0.2) is 43.7 Å². The van der Waals surface area contributed by atoms with Gasteiger partial charge in [-0.3, -0.25) is 14.5 Å². The van der Waals surface area contributed by atoms with Crippen molar-refractivity contribution in [3.05, 3.63) is 53.0 Å². The zero-order valence-electron chi connectivity index (χ0n) is 16.5. The molecule has 1 saturated heterocycles. The van der Waals surface area contributed by atoms with E-state index in [4.69, 9.17) is 0 Å². The van der Waals surface area contributed by atoms with Crippen LogP contribution in [0.25, 0.3) is 22.0 Å². The number of nitrogens with zero attached hydrogens (tertiary/aromatic N) is 5. The van der Waals surface area contributed by atoms with Crippen LogP contribution in [0.4, 0.5) is 5.82 Å². The molecule has 1 fully saturated rings. The molecular weight excluding hydrogens is 398 g/mol. The Balaban J connectivity index is 1.35. The zero-order valence-corrected chi connectivity index (χ0v) is 17.3. The highest BCUT2D eigenvalue weighted by Crippen LogP contribution is 2.28. The standard InChI is InChI=1S/C21H21N7OS/c1-28-11-16(9-25-28)15-6-14-7-19(24-10-17(14)23-8-15)27-20(29)18-12-30-21(26-18)13-2-4-22-5-3-13/h6-13,22H,2-5H2,1H3,(H,24,27,29). The molecule has 0 atom stereocenters. The van der Waals surface area contributed by atoms with Gasteiger partial charge in [-0.1, -0.05) is 0 Å². The molecule has 0 saturated carbocycles. The summed E-state index contributed by atoms with van der Waals surface area (Å²) < 4.78 is 1.75. The van der Waals surface area contributed by atoms with Crippen LogP contribution in [0.2, 0.25) is 0 Å². The highest BCUT2D eigenvalue weighted by atomic mass is 32.1. The number of fused-ring (bicyclic) bond motifs is 1. The minimum Gasteiger partial charge on any atom is -0.317 e. The molecule has 0 aromatic carbocycles. The maximum absolute atomic E-state index is 12.7. The van der Waals surface area contributed by atoms with Crippen molar-refractivity contribution in [2.24, 2.45) is 7.05 Å². The molecule has 2 N–H and O–H groups in total. The second-order valence-corrected chi connectivity index (χ2v) is 8.33. The van der Waals surface area contributed by atoms with E-state index in [0.29, 0.717) is 17.4 Å². The van der Waals surface area contributed by atoms with Crippen molar-refractivity contribution >= 4 is 34.0 Å². The first kappa shape index (κ1) is 18.8. The molecule has 1 amide bonds. The van der Waals surface area contributed by atoms with Crippen LogP contribution in [0.5, 0.6) is 0 Å². The van der Waals surface area contributed by atoms with Crippen LogP contribution in [0.15, 0.2) is 42.3 Å². The van der Waals surface area contributed by atoms with Crippen molar-refractivity contribution in [2.75, 3.05) is 18.4 Å². The summed E-state index contributed by atoms with van der Waals surface area (Å²) >= 11 is 1.56. The third-order valence-corrected chi connectivity index (χ3v) is 6.30. The Hall–Kier alpha value is -3.17. The summed E-state index contributed by atoms with van der Waals surface area (Å²) in [7, 11) is 1.88. The fourth-order valence-electron chi connectivity index (χ4n) is 3.66. The highest BCUT2D eigenvalue weighted by Gasteiger charge is 2.20. The Morgan fingerprint density at radius 1 is 1.17 bits per heavy atom. The zero-order chi connectivity index (χ0) is 20.5. The van der Waals surface area contributed by atoms with E-state index in [2.05, 4.69) is 30.7 Å². The molecule has 0 bridgehead atoms. The SMILES string of the molecule is Cn1cc(-c2cnc3cnc(NC(=O)c4csc(C5CCNCC5)n4)cc3c2)cn1. The van der Waals surface area contributed by atoms with Crippen LogP contribution in [0.1, 0.15) is 34.3 Å². The summed E-state index contributed by atoms with van der Waals surface area (Å²) in [6, 6.07) is 3.86. The second kappa shape index (κ2) is 7.92. The van der Waals surface area contributed by atoms with Gasteiger partial charge in [0.2, 0.25) is 0 Å². The average Bonchev–Trinajstić information content (AvgIpc) is 3.43. The fourth-order valence-corrected chi connectivity index (χ4v) is 4.63. The Kier molecular flexibility index (Phi) is 4.97. The Morgan fingerprint density at radius 3 is 2.83 bits per heavy atom. The lowest BCUT2D eigenvalue weighted by Crippen LogP contribution is -2.26. The lowest BCUT2D eigenvalue weighted by atomic mass is 9.99. The number of piperidine rings is 1. The van der Waals surface area contributed by atoms with E-state index in [1.54, 1.807) is 34.6 Å². The largest absolute Gasteiger partial charge is 0.317 e. The van der Waals surface area contributed by atoms with Gasteiger partial charge in [-0.25, -0.2) is 9.97 Å². The third-order valence-electron chi connectivity index (χ3n) is 5.29. The molecule has 1 aliphatic rings. The molecule has 4 aromatic heterocycles. The normalized spacial score (nSPS) is 14.8. The van der Waals surface area contributed by atoms with Gasteiger partial charge in [0, 0.05) is 47.3 Å². The molecule has 0 spiro atoms. The lowest BCUT2D eigenvalue weighted by molar-refractivity contribution is 0.102. The Bertz CT molecular complexity index is 1210.